The van der Waals surface area contributed by atoms with Gasteiger partial charge in [-0.25, -0.2) is 8.42 Å². The Hall–Kier alpha value is -2.40. The fraction of sp³-hybridized carbons (Fsp3) is 0.364. The summed E-state index contributed by atoms with van der Waals surface area (Å²) in [6.07, 6.45) is 0.700. The van der Waals surface area contributed by atoms with Crippen LogP contribution in [0, 0.1) is 0 Å². The third-order valence-electron chi connectivity index (χ3n) is 4.90. The van der Waals surface area contributed by atoms with Gasteiger partial charge in [0.25, 0.3) is 5.24 Å². The number of morpholine rings is 1. The van der Waals surface area contributed by atoms with E-state index in [-0.39, 0.29) is 22.5 Å². The van der Waals surface area contributed by atoms with E-state index in [0.29, 0.717) is 43.3 Å². The first-order chi connectivity index (χ1) is 15.3. The number of sulfonamides is 1. The van der Waals surface area contributed by atoms with E-state index in [1.807, 2.05) is 6.07 Å². The van der Waals surface area contributed by atoms with Crippen molar-refractivity contribution in [3.05, 3.63) is 54.1 Å². The molecule has 1 aliphatic heterocycles. The van der Waals surface area contributed by atoms with Gasteiger partial charge in [-0.2, -0.15) is 4.31 Å². The molecule has 1 fully saturated rings. The number of benzene rings is 2. The van der Waals surface area contributed by atoms with E-state index in [2.05, 4.69) is 5.32 Å². The molecular weight excluding hydrogens is 450 g/mol. The largest absolute Gasteiger partial charge is 0.379 e. The smallest absolute Gasteiger partial charge is 0.286 e. The number of carbonyl (C=O) groups excluding carboxylic acids is 2. The molecule has 1 saturated heterocycles. The Morgan fingerprint density at radius 1 is 1.06 bits per heavy atom. The molecule has 0 aliphatic carbocycles. The minimum absolute atomic E-state index is 0.126. The summed E-state index contributed by atoms with van der Waals surface area (Å²) in [6.45, 7) is 1.50. The number of hydrogen-bond acceptors (Lipinski definition) is 6. The van der Waals surface area contributed by atoms with E-state index in [4.69, 9.17) is 4.74 Å². The Morgan fingerprint density at radius 2 is 1.72 bits per heavy atom. The number of thioether (sulfide) groups is 1. The Bertz CT molecular complexity index is 1050. The average molecular weight is 478 g/mol. The van der Waals surface area contributed by atoms with Gasteiger partial charge in [0.2, 0.25) is 15.9 Å². The van der Waals surface area contributed by atoms with E-state index >= 15 is 0 Å². The maximum absolute atomic E-state index is 12.7. The zero-order valence-electron chi connectivity index (χ0n) is 18.1. The Labute approximate surface area is 193 Å². The molecule has 0 unspecified atom stereocenters. The Morgan fingerprint density at radius 3 is 2.38 bits per heavy atom. The second kappa shape index (κ2) is 11.0. The van der Waals surface area contributed by atoms with Crippen molar-refractivity contribution in [1.82, 2.24) is 9.21 Å². The van der Waals surface area contributed by atoms with Crippen LogP contribution in [0.1, 0.15) is 12.0 Å². The van der Waals surface area contributed by atoms with Crippen LogP contribution in [-0.4, -0.2) is 69.2 Å². The van der Waals surface area contributed by atoms with Crippen LogP contribution in [-0.2, 0) is 26.0 Å². The van der Waals surface area contributed by atoms with Crippen molar-refractivity contribution in [2.24, 2.45) is 0 Å². The van der Waals surface area contributed by atoms with Gasteiger partial charge in [-0.1, -0.05) is 24.3 Å². The maximum atomic E-state index is 12.7. The first kappa shape index (κ1) is 24.2. The van der Waals surface area contributed by atoms with Crippen LogP contribution in [0.5, 0.6) is 0 Å². The number of carbonyl (C=O) groups is 2. The minimum Gasteiger partial charge on any atom is -0.379 e. The van der Waals surface area contributed by atoms with E-state index in [1.54, 1.807) is 56.6 Å². The van der Waals surface area contributed by atoms with Crippen LogP contribution in [0.3, 0.4) is 0 Å². The average Bonchev–Trinajstić information content (AvgIpc) is 2.79. The first-order valence-electron chi connectivity index (χ1n) is 10.2. The summed E-state index contributed by atoms with van der Waals surface area (Å²) < 4.78 is 32.0. The molecule has 1 aliphatic rings. The van der Waals surface area contributed by atoms with Gasteiger partial charge in [-0.15, -0.1) is 0 Å². The SMILES string of the molecule is CN(C)C(=O)Sc1ccccc1NC(=O)CCc1ccc(S(=O)(=O)N2CCOCC2)cc1. The highest BCUT2D eigenvalue weighted by Crippen LogP contribution is 2.28. The van der Waals surface area contributed by atoms with Crippen LogP contribution in [0.15, 0.2) is 58.3 Å². The van der Waals surface area contributed by atoms with Crippen molar-refractivity contribution < 1.29 is 22.7 Å². The molecule has 8 nitrogen and oxygen atoms in total. The summed E-state index contributed by atoms with van der Waals surface area (Å²) in [4.78, 5) is 26.8. The fourth-order valence-electron chi connectivity index (χ4n) is 3.08. The molecule has 1 N–H and O–H groups in total. The number of nitrogens with zero attached hydrogens (tertiary/aromatic N) is 2. The molecule has 0 saturated carbocycles. The number of hydrogen-bond donors (Lipinski definition) is 1. The van der Waals surface area contributed by atoms with Gasteiger partial charge in [0.05, 0.1) is 23.8 Å². The zero-order chi connectivity index (χ0) is 23.1. The molecule has 0 spiro atoms. The third-order valence-corrected chi connectivity index (χ3v) is 7.92. The summed E-state index contributed by atoms with van der Waals surface area (Å²) in [5.41, 5.74) is 1.45. The molecule has 0 aromatic heterocycles. The Balaban J connectivity index is 1.57. The number of amides is 2. The lowest BCUT2D eigenvalue weighted by Crippen LogP contribution is -2.40. The number of anilines is 1. The standard InChI is InChI=1S/C22H27N3O5S2/c1-24(2)22(27)31-20-6-4-3-5-19(20)23-21(26)12-9-17-7-10-18(11-8-17)32(28,29)25-13-15-30-16-14-25/h3-8,10-11H,9,12-16H2,1-2H3,(H,23,26). The predicted octanol–water partition coefficient (Wildman–Crippen LogP) is 3.05. The van der Waals surface area contributed by atoms with Crippen molar-refractivity contribution in [2.75, 3.05) is 45.7 Å². The quantitative estimate of drug-likeness (QED) is 0.616. The van der Waals surface area contributed by atoms with Gasteiger partial charge >= 0.3 is 0 Å². The van der Waals surface area contributed by atoms with Crippen LogP contribution in [0.2, 0.25) is 0 Å². The summed E-state index contributed by atoms with van der Waals surface area (Å²) in [7, 11) is -0.182. The molecule has 172 valence electrons. The number of nitrogens with one attached hydrogen (secondary N) is 1. The van der Waals surface area contributed by atoms with E-state index in [9.17, 15) is 18.0 Å². The molecule has 0 bridgehead atoms. The number of para-hydroxylation sites is 1. The van der Waals surface area contributed by atoms with Gasteiger partial charge in [0.15, 0.2) is 0 Å². The van der Waals surface area contributed by atoms with Crippen LogP contribution in [0.4, 0.5) is 10.5 Å². The lowest BCUT2D eigenvalue weighted by molar-refractivity contribution is -0.116. The van der Waals surface area contributed by atoms with Gasteiger partial charge in [0.1, 0.15) is 0 Å². The number of ether oxygens (including phenoxy) is 1. The molecule has 32 heavy (non-hydrogen) atoms. The Kier molecular flexibility index (Phi) is 8.30. The van der Waals surface area contributed by atoms with E-state index in [1.165, 1.54) is 9.21 Å². The summed E-state index contributed by atoms with van der Waals surface area (Å²) >= 11 is 1.05. The second-order valence-corrected chi connectivity index (χ2v) is 10.4. The van der Waals surface area contributed by atoms with Gasteiger partial charge in [-0.05, 0) is 48.0 Å². The predicted molar refractivity (Wildman–Crippen MR) is 124 cm³/mol. The van der Waals surface area contributed by atoms with Crippen molar-refractivity contribution >= 4 is 38.6 Å². The molecule has 0 radical (unpaired) electrons. The molecular formula is C22H27N3O5S2. The number of aryl methyl sites for hydroxylation is 1. The van der Waals surface area contributed by atoms with Gasteiger partial charge in [-0.3, -0.25) is 9.59 Å². The van der Waals surface area contributed by atoms with Crippen molar-refractivity contribution in [3.8, 4) is 0 Å². The highest BCUT2D eigenvalue weighted by atomic mass is 32.2. The number of rotatable bonds is 7. The highest BCUT2D eigenvalue weighted by molar-refractivity contribution is 8.13. The molecule has 1 heterocycles. The van der Waals surface area contributed by atoms with Gasteiger partial charge in [0, 0.05) is 38.5 Å². The molecule has 0 atom stereocenters. The van der Waals surface area contributed by atoms with Crippen LogP contribution >= 0.6 is 11.8 Å². The molecule has 2 aromatic rings. The highest BCUT2D eigenvalue weighted by Gasteiger charge is 2.26. The van der Waals surface area contributed by atoms with Crippen LogP contribution < -0.4 is 5.32 Å². The monoisotopic (exact) mass is 477 g/mol. The van der Waals surface area contributed by atoms with E-state index in [0.717, 1.165) is 17.3 Å². The maximum Gasteiger partial charge on any atom is 0.286 e. The van der Waals surface area contributed by atoms with E-state index < -0.39 is 10.0 Å². The van der Waals surface area contributed by atoms with Gasteiger partial charge < -0.3 is 15.0 Å². The zero-order valence-corrected chi connectivity index (χ0v) is 19.7. The molecule has 10 heteroatoms. The molecule has 2 aromatic carbocycles. The summed E-state index contributed by atoms with van der Waals surface area (Å²) in [5, 5.41) is 2.73. The van der Waals surface area contributed by atoms with Crippen LogP contribution in [0.25, 0.3) is 0 Å². The van der Waals surface area contributed by atoms with Crippen molar-refractivity contribution in [3.63, 3.8) is 0 Å². The summed E-state index contributed by atoms with van der Waals surface area (Å²) in [5.74, 6) is -0.180. The topological polar surface area (TPSA) is 96.0 Å². The second-order valence-electron chi connectivity index (χ2n) is 7.47. The molecule has 3 rings (SSSR count). The van der Waals surface area contributed by atoms with Crippen molar-refractivity contribution in [2.45, 2.75) is 22.6 Å². The lowest BCUT2D eigenvalue weighted by atomic mass is 10.1. The van der Waals surface area contributed by atoms with Crippen molar-refractivity contribution in [1.29, 1.82) is 0 Å². The minimum atomic E-state index is -3.53. The third kappa shape index (κ3) is 6.32. The molecule has 2 amide bonds. The first-order valence-corrected chi connectivity index (χ1v) is 12.5. The normalized spacial score (nSPS) is 14.7. The summed E-state index contributed by atoms with van der Waals surface area (Å²) in [6, 6.07) is 13.8. The fourth-order valence-corrected chi connectivity index (χ4v) is 5.23. The lowest BCUT2D eigenvalue weighted by Gasteiger charge is -2.26.